The monoisotopic (exact) mass is 428 g/mol. The molecule has 2 atom stereocenters. The molecule has 0 saturated carbocycles. The smallest absolute Gasteiger partial charge is 0.221 e. The van der Waals surface area contributed by atoms with Crippen LogP contribution in [0.3, 0.4) is 0 Å². The summed E-state index contributed by atoms with van der Waals surface area (Å²) in [5.74, 6) is 0.187. The second kappa shape index (κ2) is 6.56. The van der Waals surface area contributed by atoms with Crippen molar-refractivity contribution in [1.29, 1.82) is 0 Å². The van der Waals surface area contributed by atoms with Crippen LogP contribution in [0.15, 0.2) is 65.7 Å². The fourth-order valence-electron chi connectivity index (χ4n) is 5.80. The molecule has 1 aliphatic heterocycles. The number of anilines is 1. The highest BCUT2D eigenvalue weighted by Crippen LogP contribution is 2.61. The van der Waals surface area contributed by atoms with E-state index >= 15 is 0 Å². The van der Waals surface area contributed by atoms with Crippen molar-refractivity contribution in [2.75, 3.05) is 12.8 Å². The summed E-state index contributed by atoms with van der Waals surface area (Å²) in [4.78, 5) is 11.5. The Morgan fingerprint density at radius 3 is 2.50 bits per heavy atom. The van der Waals surface area contributed by atoms with Crippen molar-refractivity contribution in [3.63, 3.8) is 0 Å². The van der Waals surface area contributed by atoms with E-state index in [9.17, 15) is 4.39 Å². The Morgan fingerprint density at radius 1 is 0.938 bits per heavy atom. The van der Waals surface area contributed by atoms with Crippen LogP contribution in [0.5, 0.6) is 0 Å². The van der Waals surface area contributed by atoms with E-state index < -0.39 is 5.72 Å². The minimum Gasteiger partial charge on any atom is -0.399 e. The first-order valence-corrected chi connectivity index (χ1v) is 10.9. The van der Waals surface area contributed by atoms with Crippen LogP contribution >= 0.6 is 0 Å². The Hall–Kier alpha value is -3.38. The molecule has 2 unspecified atom stereocenters. The number of hydrogen-bond acceptors (Lipinski definition) is 5. The fourth-order valence-corrected chi connectivity index (χ4v) is 5.80. The molecule has 6 heteroatoms. The molecule has 0 aromatic heterocycles. The number of fused-ring (bicyclic) bond motifs is 4. The standard InChI is InChI=1S/C26H25FN4O/c1-31-24(29)30-26(32-31)23-13-17(16-3-2-4-22(28)12-16)5-6-20(23)15-25(26)10-9-18-11-21(27)8-7-19(18)14-25/h2-8,11-13H,9-10,14-15,28H2,1H3,(H2,29,30). The van der Waals surface area contributed by atoms with Crippen molar-refractivity contribution in [3.8, 4) is 11.1 Å². The summed E-state index contributed by atoms with van der Waals surface area (Å²) in [5.41, 5.74) is 18.4. The van der Waals surface area contributed by atoms with Crippen molar-refractivity contribution in [1.82, 2.24) is 5.06 Å². The van der Waals surface area contributed by atoms with Gasteiger partial charge in [0.05, 0.1) is 0 Å². The van der Waals surface area contributed by atoms with E-state index in [-0.39, 0.29) is 11.2 Å². The molecule has 2 aliphatic carbocycles. The average molecular weight is 429 g/mol. The number of rotatable bonds is 1. The van der Waals surface area contributed by atoms with Crippen LogP contribution in [0, 0.1) is 11.2 Å². The number of nitrogens with zero attached hydrogens (tertiary/aromatic N) is 2. The van der Waals surface area contributed by atoms with Crippen molar-refractivity contribution < 1.29 is 9.23 Å². The Bertz CT molecular complexity index is 1290. The Balaban J connectivity index is 1.51. The Morgan fingerprint density at radius 2 is 1.72 bits per heavy atom. The molecule has 162 valence electrons. The van der Waals surface area contributed by atoms with Crippen LogP contribution < -0.4 is 11.5 Å². The first-order valence-electron chi connectivity index (χ1n) is 10.9. The summed E-state index contributed by atoms with van der Waals surface area (Å²) in [7, 11) is 1.80. The molecule has 32 heavy (non-hydrogen) atoms. The minimum atomic E-state index is -0.899. The van der Waals surface area contributed by atoms with Crippen LogP contribution in [0.1, 0.15) is 28.7 Å². The highest BCUT2D eigenvalue weighted by Gasteiger charge is 2.63. The number of halogens is 1. The molecule has 0 saturated heterocycles. The van der Waals surface area contributed by atoms with Gasteiger partial charge in [-0.2, -0.15) is 0 Å². The van der Waals surface area contributed by atoms with Gasteiger partial charge in [-0.1, -0.05) is 30.3 Å². The van der Waals surface area contributed by atoms with Gasteiger partial charge < -0.3 is 11.5 Å². The molecule has 3 aliphatic rings. The lowest BCUT2D eigenvalue weighted by atomic mass is 9.65. The van der Waals surface area contributed by atoms with Crippen LogP contribution in [0.2, 0.25) is 0 Å². The summed E-state index contributed by atoms with van der Waals surface area (Å²) in [6, 6.07) is 19.5. The third-order valence-electron chi connectivity index (χ3n) is 7.38. The molecule has 2 spiro atoms. The number of hydroxylamine groups is 2. The second-order valence-corrected chi connectivity index (χ2v) is 9.25. The van der Waals surface area contributed by atoms with Gasteiger partial charge >= 0.3 is 0 Å². The van der Waals surface area contributed by atoms with Gasteiger partial charge in [0, 0.05) is 23.7 Å². The lowest BCUT2D eigenvalue weighted by Gasteiger charge is -2.44. The summed E-state index contributed by atoms with van der Waals surface area (Å²) < 4.78 is 13.8. The lowest BCUT2D eigenvalue weighted by molar-refractivity contribution is -0.224. The van der Waals surface area contributed by atoms with Gasteiger partial charge in [0.15, 0.2) is 0 Å². The maximum Gasteiger partial charge on any atom is 0.221 e. The minimum absolute atomic E-state index is 0.185. The van der Waals surface area contributed by atoms with Crippen LogP contribution in [-0.4, -0.2) is 18.1 Å². The molecule has 3 aromatic rings. The first kappa shape index (κ1) is 19.3. The van der Waals surface area contributed by atoms with Crippen LogP contribution in [-0.2, 0) is 29.8 Å². The van der Waals surface area contributed by atoms with Gasteiger partial charge in [-0.25, -0.2) is 19.3 Å². The third-order valence-corrected chi connectivity index (χ3v) is 7.38. The first-order chi connectivity index (χ1) is 15.4. The molecule has 4 N–H and O–H groups in total. The fraction of sp³-hybridized carbons (Fsp3) is 0.269. The van der Waals surface area contributed by atoms with Crippen molar-refractivity contribution in [2.45, 2.75) is 31.4 Å². The number of hydrogen-bond donors (Lipinski definition) is 2. The summed E-state index contributed by atoms with van der Waals surface area (Å²) in [6.45, 7) is 0. The quantitative estimate of drug-likeness (QED) is 0.571. The van der Waals surface area contributed by atoms with Crippen LogP contribution in [0.25, 0.3) is 11.1 Å². The number of nitrogen functional groups attached to an aromatic ring is 1. The van der Waals surface area contributed by atoms with E-state index in [4.69, 9.17) is 21.3 Å². The number of benzene rings is 3. The zero-order valence-corrected chi connectivity index (χ0v) is 17.9. The molecular weight excluding hydrogens is 403 g/mol. The SMILES string of the molecule is CN1OC2(N=C1N)c1cc(-c3cccc(N)c3)ccc1CC21CCc2cc(F)ccc2C1. The molecule has 5 nitrogen and oxygen atoms in total. The molecule has 6 rings (SSSR count). The Labute approximate surface area is 186 Å². The topological polar surface area (TPSA) is 76.9 Å². The van der Waals surface area contributed by atoms with Gasteiger partial charge in [-0.05, 0) is 83.8 Å². The van der Waals surface area contributed by atoms with Gasteiger partial charge in [0.25, 0.3) is 0 Å². The van der Waals surface area contributed by atoms with Crippen molar-refractivity contribution >= 4 is 11.6 Å². The van der Waals surface area contributed by atoms with E-state index in [1.54, 1.807) is 24.2 Å². The number of nitrogens with two attached hydrogens (primary N) is 2. The normalized spacial score (nSPS) is 25.8. The predicted octanol–water partition coefficient (Wildman–Crippen LogP) is 4.15. The molecule has 1 heterocycles. The van der Waals surface area contributed by atoms with E-state index in [1.807, 2.05) is 24.3 Å². The molecule has 3 aromatic carbocycles. The molecular formula is C26H25FN4O. The van der Waals surface area contributed by atoms with Gasteiger partial charge in [0.2, 0.25) is 11.7 Å². The summed E-state index contributed by atoms with van der Waals surface area (Å²) in [5, 5.41) is 1.57. The second-order valence-electron chi connectivity index (χ2n) is 9.25. The predicted molar refractivity (Wildman–Crippen MR) is 123 cm³/mol. The maximum absolute atomic E-state index is 13.8. The maximum atomic E-state index is 13.8. The van der Waals surface area contributed by atoms with Crippen molar-refractivity contribution in [3.05, 3.63) is 88.7 Å². The van der Waals surface area contributed by atoms with Gasteiger partial charge in [0.1, 0.15) is 5.82 Å². The number of aliphatic imine (C=N–C) groups is 1. The molecule has 0 amide bonds. The molecule has 0 fully saturated rings. The van der Waals surface area contributed by atoms with Crippen molar-refractivity contribution in [2.24, 2.45) is 16.1 Å². The molecule has 0 bridgehead atoms. The average Bonchev–Trinajstić information content (AvgIpc) is 3.21. The zero-order chi connectivity index (χ0) is 22.1. The Kier molecular flexibility index (Phi) is 3.96. The van der Waals surface area contributed by atoms with E-state index in [0.29, 0.717) is 5.96 Å². The van der Waals surface area contributed by atoms with Crippen LogP contribution in [0.4, 0.5) is 10.1 Å². The summed E-state index contributed by atoms with van der Waals surface area (Å²) in [6.07, 6.45) is 3.22. The summed E-state index contributed by atoms with van der Waals surface area (Å²) >= 11 is 0. The highest BCUT2D eigenvalue weighted by atomic mass is 19.1. The van der Waals surface area contributed by atoms with Gasteiger partial charge in [-0.3, -0.25) is 0 Å². The van der Waals surface area contributed by atoms with E-state index in [2.05, 4.69) is 24.3 Å². The highest BCUT2D eigenvalue weighted by molar-refractivity contribution is 5.79. The number of guanidine groups is 1. The van der Waals surface area contributed by atoms with E-state index in [0.717, 1.165) is 59.2 Å². The van der Waals surface area contributed by atoms with Gasteiger partial charge in [-0.15, -0.1) is 0 Å². The zero-order valence-electron chi connectivity index (χ0n) is 17.9. The molecule has 0 radical (unpaired) electrons. The number of aryl methyl sites for hydroxylation is 1. The third kappa shape index (κ3) is 2.62. The van der Waals surface area contributed by atoms with E-state index in [1.165, 1.54) is 5.56 Å². The largest absolute Gasteiger partial charge is 0.399 e. The lowest BCUT2D eigenvalue weighted by Crippen LogP contribution is -2.47.